The molecule has 20 heavy (non-hydrogen) atoms. The summed E-state index contributed by atoms with van der Waals surface area (Å²) >= 11 is 0. The highest BCUT2D eigenvalue weighted by Crippen LogP contribution is 2.27. The fourth-order valence-corrected chi connectivity index (χ4v) is 2.84. The Hall–Kier alpha value is -1.65. The van der Waals surface area contributed by atoms with E-state index in [0.717, 1.165) is 22.9 Å². The lowest BCUT2D eigenvalue weighted by Gasteiger charge is -2.16. The van der Waals surface area contributed by atoms with Gasteiger partial charge in [-0.3, -0.25) is 0 Å². The molecule has 1 unspecified atom stereocenters. The van der Waals surface area contributed by atoms with E-state index in [2.05, 4.69) is 0 Å². The van der Waals surface area contributed by atoms with E-state index in [1.807, 2.05) is 32.0 Å². The second-order valence-corrected chi connectivity index (χ2v) is 7.05. The number of sulfone groups is 1. The quantitative estimate of drug-likeness (QED) is 0.945. The molecule has 3 nitrogen and oxygen atoms in total. The summed E-state index contributed by atoms with van der Waals surface area (Å²) < 4.78 is 23.2. The molecule has 0 bridgehead atoms. The molecule has 1 N–H and O–H groups in total. The summed E-state index contributed by atoms with van der Waals surface area (Å²) in [5.74, 6) is 0. The zero-order chi connectivity index (χ0) is 14.9. The summed E-state index contributed by atoms with van der Waals surface area (Å²) in [5, 5.41) is 10.5. The van der Waals surface area contributed by atoms with Crippen LogP contribution in [0.25, 0.3) is 0 Å². The highest BCUT2D eigenvalue weighted by Gasteiger charge is 2.16. The van der Waals surface area contributed by atoms with Crippen molar-refractivity contribution in [2.24, 2.45) is 0 Å². The van der Waals surface area contributed by atoms with Gasteiger partial charge in [-0.15, -0.1) is 0 Å². The van der Waals surface area contributed by atoms with Crippen molar-refractivity contribution in [3.8, 4) is 0 Å². The lowest BCUT2D eigenvalue weighted by molar-refractivity contribution is 0.219. The Kier molecular flexibility index (Phi) is 3.97. The van der Waals surface area contributed by atoms with Gasteiger partial charge >= 0.3 is 0 Å². The van der Waals surface area contributed by atoms with Gasteiger partial charge in [0.15, 0.2) is 9.84 Å². The van der Waals surface area contributed by atoms with Crippen LogP contribution < -0.4 is 0 Å². The predicted octanol–water partition coefficient (Wildman–Crippen LogP) is 2.79. The molecule has 0 saturated carbocycles. The van der Waals surface area contributed by atoms with Crippen LogP contribution in [-0.4, -0.2) is 19.8 Å². The molecule has 106 valence electrons. The van der Waals surface area contributed by atoms with Gasteiger partial charge in [0.05, 0.1) is 4.90 Å². The molecular formula is C16H18O3S. The minimum absolute atomic E-state index is 0.222. The monoisotopic (exact) mass is 290 g/mol. The molecule has 0 radical (unpaired) electrons. The molecule has 0 aliphatic heterocycles. The number of aliphatic hydroxyl groups is 1. The number of hydrogen-bond acceptors (Lipinski definition) is 3. The fraction of sp³-hybridized carbons (Fsp3) is 0.250. The predicted molar refractivity (Wildman–Crippen MR) is 79.5 cm³/mol. The van der Waals surface area contributed by atoms with Crippen LogP contribution in [0.3, 0.4) is 0 Å². The molecule has 4 heteroatoms. The first-order valence-electron chi connectivity index (χ1n) is 6.35. The van der Waals surface area contributed by atoms with Crippen LogP contribution in [0, 0.1) is 13.8 Å². The SMILES string of the molecule is Cc1cccc(C(O)c2cccc(S(C)(=O)=O)c2)c1C. The van der Waals surface area contributed by atoms with Crippen molar-refractivity contribution in [1.29, 1.82) is 0 Å². The van der Waals surface area contributed by atoms with E-state index in [4.69, 9.17) is 0 Å². The Bertz CT molecular complexity index is 733. The van der Waals surface area contributed by atoms with Crippen molar-refractivity contribution in [3.05, 3.63) is 64.7 Å². The first kappa shape index (κ1) is 14.8. The maximum atomic E-state index is 11.6. The minimum Gasteiger partial charge on any atom is -0.384 e. The molecule has 0 amide bonds. The average Bonchev–Trinajstić information content (AvgIpc) is 2.40. The fourth-order valence-electron chi connectivity index (χ4n) is 2.16. The minimum atomic E-state index is -3.27. The molecule has 2 rings (SSSR count). The molecule has 0 aliphatic rings. The van der Waals surface area contributed by atoms with Gasteiger partial charge in [0.1, 0.15) is 6.10 Å². The van der Waals surface area contributed by atoms with Crippen LogP contribution in [0.1, 0.15) is 28.4 Å². The molecule has 2 aromatic carbocycles. The molecule has 2 aromatic rings. The van der Waals surface area contributed by atoms with Crippen LogP contribution in [-0.2, 0) is 9.84 Å². The van der Waals surface area contributed by atoms with E-state index >= 15 is 0 Å². The van der Waals surface area contributed by atoms with Gasteiger partial charge in [-0.1, -0.05) is 30.3 Å². The molecule has 0 aliphatic carbocycles. The van der Waals surface area contributed by atoms with Gasteiger partial charge < -0.3 is 5.11 Å². The smallest absolute Gasteiger partial charge is 0.175 e. The topological polar surface area (TPSA) is 54.4 Å². The summed E-state index contributed by atoms with van der Waals surface area (Å²) in [4.78, 5) is 0.222. The molecule has 0 fully saturated rings. The molecule has 0 heterocycles. The Balaban J connectivity index is 2.49. The second kappa shape index (κ2) is 5.38. The van der Waals surface area contributed by atoms with Crippen LogP contribution in [0.4, 0.5) is 0 Å². The largest absolute Gasteiger partial charge is 0.384 e. The zero-order valence-corrected chi connectivity index (χ0v) is 12.6. The Morgan fingerprint density at radius 1 is 1.05 bits per heavy atom. The molecular weight excluding hydrogens is 272 g/mol. The van der Waals surface area contributed by atoms with Crippen LogP contribution in [0.15, 0.2) is 47.4 Å². The first-order chi connectivity index (χ1) is 9.30. The third kappa shape index (κ3) is 2.92. The molecule has 1 atom stereocenters. The lowest BCUT2D eigenvalue weighted by atomic mass is 9.95. The first-order valence-corrected chi connectivity index (χ1v) is 8.24. The standard InChI is InChI=1S/C16H18O3S/c1-11-6-4-9-15(12(11)2)16(17)13-7-5-8-14(10-13)20(3,18)19/h4-10,16-17H,1-3H3. The molecule has 0 saturated heterocycles. The Morgan fingerprint density at radius 2 is 1.70 bits per heavy atom. The van der Waals surface area contributed by atoms with Crippen molar-refractivity contribution in [2.75, 3.05) is 6.26 Å². The average molecular weight is 290 g/mol. The van der Waals surface area contributed by atoms with Crippen LogP contribution in [0.5, 0.6) is 0 Å². The Labute approximate surface area is 119 Å². The van der Waals surface area contributed by atoms with Crippen molar-refractivity contribution in [1.82, 2.24) is 0 Å². The van der Waals surface area contributed by atoms with E-state index in [1.54, 1.807) is 12.1 Å². The van der Waals surface area contributed by atoms with Crippen molar-refractivity contribution in [3.63, 3.8) is 0 Å². The van der Waals surface area contributed by atoms with Gasteiger partial charge in [-0.05, 0) is 48.2 Å². The zero-order valence-electron chi connectivity index (χ0n) is 11.8. The molecule has 0 aromatic heterocycles. The summed E-state index contributed by atoms with van der Waals surface area (Å²) in [7, 11) is -3.27. The van der Waals surface area contributed by atoms with E-state index in [-0.39, 0.29) is 4.90 Å². The maximum absolute atomic E-state index is 11.6. The van der Waals surface area contributed by atoms with E-state index in [0.29, 0.717) is 5.56 Å². The van der Waals surface area contributed by atoms with Gasteiger partial charge in [0, 0.05) is 6.26 Å². The van der Waals surface area contributed by atoms with Gasteiger partial charge in [0.2, 0.25) is 0 Å². The Morgan fingerprint density at radius 3 is 2.35 bits per heavy atom. The summed E-state index contributed by atoms with van der Waals surface area (Å²) in [5.41, 5.74) is 3.50. The number of aryl methyl sites for hydroxylation is 1. The third-order valence-corrected chi connectivity index (χ3v) is 4.65. The van der Waals surface area contributed by atoms with E-state index in [9.17, 15) is 13.5 Å². The summed E-state index contributed by atoms with van der Waals surface area (Å²) in [6.07, 6.45) is 0.341. The lowest BCUT2D eigenvalue weighted by Crippen LogP contribution is -2.05. The number of rotatable bonds is 3. The maximum Gasteiger partial charge on any atom is 0.175 e. The summed E-state index contributed by atoms with van der Waals surface area (Å²) in [6.45, 7) is 3.94. The van der Waals surface area contributed by atoms with Crippen LogP contribution >= 0.6 is 0 Å². The van der Waals surface area contributed by atoms with Crippen molar-refractivity contribution in [2.45, 2.75) is 24.8 Å². The number of benzene rings is 2. The van der Waals surface area contributed by atoms with Crippen molar-refractivity contribution < 1.29 is 13.5 Å². The van der Waals surface area contributed by atoms with Crippen molar-refractivity contribution >= 4 is 9.84 Å². The highest BCUT2D eigenvalue weighted by atomic mass is 32.2. The highest BCUT2D eigenvalue weighted by molar-refractivity contribution is 7.90. The second-order valence-electron chi connectivity index (χ2n) is 5.04. The van der Waals surface area contributed by atoms with Crippen LogP contribution in [0.2, 0.25) is 0 Å². The van der Waals surface area contributed by atoms with E-state index < -0.39 is 15.9 Å². The number of hydrogen-bond donors (Lipinski definition) is 1. The third-order valence-electron chi connectivity index (χ3n) is 3.54. The normalized spacial score (nSPS) is 13.2. The summed E-state index contributed by atoms with van der Waals surface area (Å²) in [6, 6.07) is 12.2. The van der Waals surface area contributed by atoms with Gasteiger partial charge in [-0.2, -0.15) is 0 Å². The van der Waals surface area contributed by atoms with E-state index in [1.165, 1.54) is 12.1 Å². The van der Waals surface area contributed by atoms with Gasteiger partial charge in [0.25, 0.3) is 0 Å². The van der Waals surface area contributed by atoms with Gasteiger partial charge in [-0.25, -0.2) is 8.42 Å². The number of aliphatic hydroxyl groups excluding tert-OH is 1. The molecule has 0 spiro atoms.